The van der Waals surface area contributed by atoms with Crippen LogP contribution in [0.4, 0.5) is 17.1 Å². The Morgan fingerprint density at radius 1 is 0.525 bits per heavy atom. The average Bonchev–Trinajstić information content (AvgIpc) is 3.39. The summed E-state index contributed by atoms with van der Waals surface area (Å²) in [6, 6.07) is 49.6. The van der Waals surface area contributed by atoms with Crippen LogP contribution in [0, 0.1) is 13.8 Å². The van der Waals surface area contributed by atoms with Crippen LogP contribution in [0.5, 0.6) is 0 Å². The van der Waals surface area contributed by atoms with E-state index in [4.69, 9.17) is 4.98 Å². The second-order valence-corrected chi connectivity index (χ2v) is 10.3. The maximum atomic E-state index is 5.13. The molecule has 0 amide bonds. The number of hydrogen-bond acceptors (Lipinski definition) is 2. The lowest BCUT2D eigenvalue weighted by atomic mass is 10.1. The Bertz CT molecular complexity index is 1900. The predicted octanol–water partition coefficient (Wildman–Crippen LogP) is 9.93. The van der Waals surface area contributed by atoms with E-state index >= 15 is 0 Å². The molecule has 7 rings (SSSR count). The van der Waals surface area contributed by atoms with Gasteiger partial charge >= 0.3 is 0 Å². The van der Waals surface area contributed by atoms with E-state index in [-0.39, 0.29) is 0 Å². The molecule has 7 aromatic rings. The van der Waals surface area contributed by atoms with Crippen molar-refractivity contribution < 1.29 is 0 Å². The fourth-order valence-electron chi connectivity index (χ4n) is 5.46. The van der Waals surface area contributed by atoms with Crippen LogP contribution in [0.25, 0.3) is 38.9 Å². The van der Waals surface area contributed by atoms with Crippen molar-refractivity contribution in [3.05, 3.63) is 151 Å². The molecule has 1 aromatic heterocycles. The zero-order valence-electron chi connectivity index (χ0n) is 22.6. The third-order valence-electron chi connectivity index (χ3n) is 7.54. The highest BCUT2D eigenvalue weighted by atomic mass is 15.1. The van der Waals surface area contributed by atoms with E-state index in [1.165, 1.54) is 21.9 Å². The Hall–Kier alpha value is -5.15. The maximum absolute atomic E-state index is 5.13. The van der Waals surface area contributed by atoms with Gasteiger partial charge in [0.2, 0.25) is 0 Å². The molecule has 3 nitrogen and oxygen atoms in total. The van der Waals surface area contributed by atoms with E-state index in [1.807, 2.05) is 0 Å². The number of aryl methyl sites for hydroxylation is 2. The van der Waals surface area contributed by atoms with Gasteiger partial charge in [-0.1, -0.05) is 83.9 Å². The Morgan fingerprint density at radius 3 is 1.75 bits per heavy atom. The first kappa shape index (κ1) is 23.9. The third kappa shape index (κ3) is 4.22. The van der Waals surface area contributed by atoms with E-state index < -0.39 is 0 Å². The fraction of sp³-hybridized carbons (Fsp3) is 0.0541. The smallest absolute Gasteiger partial charge is 0.145 e. The van der Waals surface area contributed by atoms with Crippen LogP contribution >= 0.6 is 0 Å². The molecular weight excluding hydrogens is 486 g/mol. The number of hydrogen-bond donors (Lipinski definition) is 0. The summed E-state index contributed by atoms with van der Waals surface area (Å²) in [5.74, 6) is 0.932. The van der Waals surface area contributed by atoms with Crippen molar-refractivity contribution >= 4 is 38.9 Å². The standard InChI is InChI=1S/C37H29N3/c1-26-14-20-30(21-15-26)39(31-22-16-27(2)17-23-31)32-24-18-29(19-25-32)37-38-34-11-5-6-12-36(34)40(37)35-13-7-9-28-8-3-4-10-33(28)35/h3-25H,1-2H3. The van der Waals surface area contributed by atoms with Gasteiger partial charge in [0.1, 0.15) is 5.82 Å². The Morgan fingerprint density at radius 2 is 1.07 bits per heavy atom. The summed E-state index contributed by atoms with van der Waals surface area (Å²) in [5.41, 5.74) is 10.1. The third-order valence-corrected chi connectivity index (χ3v) is 7.54. The molecule has 0 fully saturated rings. The van der Waals surface area contributed by atoms with Crippen LogP contribution in [0.2, 0.25) is 0 Å². The normalized spacial score (nSPS) is 11.2. The van der Waals surface area contributed by atoms with Crippen molar-refractivity contribution in [3.63, 3.8) is 0 Å². The van der Waals surface area contributed by atoms with Gasteiger partial charge in [-0.25, -0.2) is 4.98 Å². The van der Waals surface area contributed by atoms with Crippen LogP contribution < -0.4 is 4.90 Å². The lowest BCUT2D eigenvalue weighted by Gasteiger charge is -2.26. The van der Waals surface area contributed by atoms with E-state index in [1.54, 1.807) is 0 Å². The number of rotatable bonds is 5. The first-order valence-corrected chi connectivity index (χ1v) is 13.7. The molecule has 0 N–H and O–H groups in total. The lowest BCUT2D eigenvalue weighted by Crippen LogP contribution is -2.10. The first-order chi connectivity index (χ1) is 19.7. The molecule has 0 spiro atoms. The van der Waals surface area contributed by atoms with E-state index in [2.05, 4.69) is 163 Å². The zero-order chi connectivity index (χ0) is 27.1. The van der Waals surface area contributed by atoms with Gasteiger partial charge in [0.15, 0.2) is 0 Å². The van der Waals surface area contributed by atoms with E-state index in [0.717, 1.165) is 45.2 Å². The Kier molecular flexibility index (Phi) is 5.90. The van der Waals surface area contributed by atoms with Gasteiger partial charge in [-0.05, 0) is 86.0 Å². The van der Waals surface area contributed by atoms with Gasteiger partial charge in [-0.2, -0.15) is 0 Å². The molecule has 0 radical (unpaired) electrons. The van der Waals surface area contributed by atoms with Gasteiger partial charge in [-0.15, -0.1) is 0 Å². The number of para-hydroxylation sites is 2. The molecule has 3 heteroatoms. The minimum absolute atomic E-state index is 0.932. The van der Waals surface area contributed by atoms with Crippen molar-refractivity contribution in [2.75, 3.05) is 4.90 Å². The number of anilines is 3. The number of benzene rings is 6. The molecule has 6 aromatic carbocycles. The molecule has 0 aliphatic rings. The molecule has 0 atom stereocenters. The highest BCUT2D eigenvalue weighted by Gasteiger charge is 2.17. The predicted molar refractivity (Wildman–Crippen MR) is 168 cm³/mol. The van der Waals surface area contributed by atoms with Gasteiger partial charge in [0.25, 0.3) is 0 Å². The molecule has 40 heavy (non-hydrogen) atoms. The fourth-order valence-corrected chi connectivity index (χ4v) is 5.46. The van der Waals surface area contributed by atoms with Gasteiger partial charge in [0, 0.05) is 28.0 Å². The summed E-state index contributed by atoms with van der Waals surface area (Å²) in [5, 5.41) is 2.42. The minimum atomic E-state index is 0.932. The van der Waals surface area contributed by atoms with Crippen molar-refractivity contribution in [1.29, 1.82) is 0 Å². The van der Waals surface area contributed by atoms with Gasteiger partial charge in [-0.3, -0.25) is 4.57 Å². The highest BCUT2D eigenvalue weighted by molar-refractivity contribution is 5.94. The first-order valence-electron chi connectivity index (χ1n) is 13.7. The van der Waals surface area contributed by atoms with Crippen LogP contribution in [-0.4, -0.2) is 9.55 Å². The van der Waals surface area contributed by atoms with Crippen molar-refractivity contribution in [3.8, 4) is 17.1 Å². The minimum Gasteiger partial charge on any atom is -0.311 e. The molecule has 0 aliphatic heterocycles. The SMILES string of the molecule is Cc1ccc(N(c2ccc(C)cc2)c2ccc(-c3nc4ccccc4n3-c3cccc4ccccc34)cc2)cc1. The summed E-state index contributed by atoms with van der Waals surface area (Å²) in [6.45, 7) is 4.24. The molecule has 0 bridgehead atoms. The summed E-state index contributed by atoms with van der Waals surface area (Å²) >= 11 is 0. The van der Waals surface area contributed by atoms with Crippen LogP contribution in [0.15, 0.2) is 140 Å². The summed E-state index contributed by atoms with van der Waals surface area (Å²) in [7, 11) is 0. The zero-order valence-corrected chi connectivity index (χ0v) is 22.6. The topological polar surface area (TPSA) is 21.1 Å². The van der Waals surface area contributed by atoms with Crippen LogP contribution in [0.1, 0.15) is 11.1 Å². The molecule has 0 aliphatic carbocycles. The van der Waals surface area contributed by atoms with Crippen LogP contribution in [0.3, 0.4) is 0 Å². The quantitative estimate of drug-likeness (QED) is 0.227. The lowest BCUT2D eigenvalue weighted by molar-refractivity contribution is 1.11. The highest BCUT2D eigenvalue weighted by Crippen LogP contribution is 2.37. The summed E-state index contributed by atoms with van der Waals surface area (Å²) < 4.78 is 2.30. The maximum Gasteiger partial charge on any atom is 0.145 e. The molecule has 0 saturated carbocycles. The molecule has 192 valence electrons. The molecular formula is C37H29N3. The summed E-state index contributed by atoms with van der Waals surface area (Å²) in [4.78, 5) is 7.43. The molecule has 1 heterocycles. The van der Waals surface area contributed by atoms with Crippen LogP contribution in [-0.2, 0) is 0 Å². The largest absolute Gasteiger partial charge is 0.311 e. The second kappa shape index (κ2) is 9.87. The average molecular weight is 516 g/mol. The second-order valence-electron chi connectivity index (χ2n) is 10.3. The van der Waals surface area contributed by atoms with Crippen molar-refractivity contribution in [2.24, 2.45) is 0 Å². The van der Waals surface area contributed by atoms with E-state index in [9.17, 15) is 0 Å². The van der Waals surface area contributed by atoms with Gasteiger partial charge < -0.3 is 4.90 Å². The molecule has 0 unspecified atom stereocenters. The number of nitrogens with zero attached hydrogens (tertiary/aromatic N) is 3. The van der Waals surface area contributed by atoms with Crippen molar-refractivity contribution in [1.82, 2.24) is 9.55 Å². The summed E-state index contributed by atoms with van der Waals surface area (Å²) in [6.07, 6.45) is 0. The number of fused-ring (bicyclic) bond motifs is 2. The van der Waals surface area contributed by atoms with Crippen molar-refractivity contribution in [2.45, 2.75) is 13.8 Å². The van der Waals surface area contributed by atoms with Gasteiger partial charge in [0.05, 0.1) is 16.7 Å². The Labute approximate surface area is 234 Å². The Balaban J connectivity index is 1.38. The number of imidazole rings is 1. The number of aromatic nitrogens is 2. The monoisotopic (exact) mass is 515 g/mol. The molecule has 0 saturated heterocycles. The van der Waals surface area contributed by atoms with E-state index in [0.29, 0.717) is 0 Å².